The Morgan fingerprint density at radius 3 is 2.71 bits per heavy atom. The van der Waals surface area contributed by atoms with Crippen LogP contribution in [0.25, 0.3) is 0 Å². The predicted octanol–water partition coefficient (Wildman–Crippen LogP) is 1.26. The van der Waals surface area contributed by atoms with Crippen LogP contribution in [0.15, 0.2) is 35.5 Å². The van der Waals surface area contributed by atoms with Gasteiger partial charge in [-0.2, -0.15) is 0 Å². The van der Waals surface area contributed by atoms with Gasteiger partial charge < -0.3 is 20.3 Å². The lowest BCUT2D eigenvalue weighted by molar-refractivity contribution is -0.132. The van der Waals surface area contributed by atoms with Crippen LogP contribution in [-0.4, -0.2) is 61.4 Å². The number of ether oxygens (including phenoxy) is 1. The molecule has 2 aliphatic heterocycles. The summed E-state index contributed by atoms with van der Waals surface area (Å²) in [7, 11) is 3.17. The monoisotopic (exact) mass is 386 g/mol. The topological polar surface area (TPSA) is 91.0 Å². The first-order chi connectivity index (χ1) is 13.3. The van der Waals surface area contributed by atoms with Gasteiger partial charge in [-0.3, -0.25) is 14.5 Å². The first-order valence-electron chi connectivity index (χ1n) is 9.29. The number of hydrogen-bond acceptors (Lipinski definition) is 4. The van der Waals surface area contributed by atoms with Crippen LogP contribution in [0.1, 0.15) is 25.5 Å². The number of para-hydroxylation sites is 1. The summed E-state index contributed by atoms with van der Waals surface area (Å²) in [5, 5.41) is 5.70. The molecule has 28 heavy (non-hydrogen) atoms. The molecule has 4 amide bonds. The van der Waals surface area contributed by atoms with Crippen LogP contribution in [0, 0.1) is 5.92 Å². The fraction of sp³-hybridized carbons (Fsp3) is 0.450. The van der Waals surface area contributed by atoms with Gasteiger partial charge in [-0.15, -0.1) is 0 Å². The molecule has 3 rings (SSSR count). The van der Waals surface area contributed by atoms with E-state index in [4.69, 9.17) is 4.74 Å². The zero-order chi connectivity index (χ0) is 20.4. The third-order valence-electron chi connectivity index (χ3n) is 4.93. The summed E-state index contributed by atoms with van der Waals surface area (Å²) in [6.45, 7) is 4.74. The van der Waals surface area contributed by atoms with Gasteiger partial charge in [0.25, 0.3) is 5.91 Å². The average molecular weight is 386 g/mol. The van der Waals surface area contributed by atoms with Crippen molar-refractivity contribution >= 4 is 17.8 Å². The highest BCUT2D eigenvalue weighted by molar-refractivity contribution is 6.03. The normalized spacial score (nSPS) is 19.1. The highest BCUT2D eigenvalue weighted by Crippen LogP contribution is 2.38. The molecule has 0 unspecified atom stereocenters. The Bertz CT molecular complexity index is 833. The molecule has 8 nitrogen and oxygen atoms in total. The van der Waals surface area contributed by atoms with Crippen molar-refractivity contribution in [3.63, 3.8) is 0 Å². The van der Waals surface area contributed by atoms with Crippen molar-refractivity contribution in [3.8, 4) is 5.75 Å². The Kier molecular flexibility index (Phi) is 5.58. The fourth-order valence-corrected chi connectivity index (χ4v) is 3.44. The summed E-state index contributed by atoms with van der Waals surface area (Å²) in [4.78, 5) is 40.7. The van der Waals surface area contributed by atoms with Crippen LogP contribution < -0.4 is 15.4 Å². The molecule has 0 aromatic heterocycles. The Morgan fingerprint density at radius 2 is 2.04 bits per heavy atom. The van der Waals surface area contributed by atoms with E-state index in [2.05, 4.69) is 10.6 Å². The number of nitrogens with one attached hydrogen (secondary N) is 2. The first kappa shape index (κ1) is 19.7. The van der Waals surface area contributed by atoms with E-state index in [-0.39, 0.29) is 30.9 Å². The lowest BCUT2D eigenvalue weighted by Crippen LogP contribution is -2.45. The maximum atomic E-state index is 13.1. The zero-order valence-corrected chi connectivity index (χ0v) is 16.6. The molecule has 2 heterocycles. The highest BCUT2D eigenvalue weighted by atomic mass is 16.5. The molecule has 1 aromatic carbocycles. The number of benzene rings is 1. The number of likely N-dealkylation sites (N-methyl/N-ethyl adjacent to an activating group) is 1. The molecule has 0 saturated heterocycles. The van der Waals surface area contributed by atoms with Crippen LogP contribution in [0.3, 0.4) is 0 Å². The van der Waals surface area contributed by atoms with Crippen LogP contribution in [0.4, 0.5) is 4.79 Å². The van der Waals surface area contributed by atoms with E-state index in [0.717, 1.165) is 0 Å². The summed E-state index contributed by atoms with van der Waals surface area (Å²) in [6, 6.07) is 6.36. The van der Waals surface area contributed by atoms with Gasteiger partial charge in [-0.05, 0) is 12.0 Å². The van der Waals surface area contributed by atoms with Crippen molar-refractivity contribution < 1.29 is 19.1 Å². The maximum Gasteiger partial charge on any atom is 0.322 e. The number of methoxy groups -OCH3 is 1. The summed E-state index contributed by atoms with van der Waals surface area (Å²) in [6.07, 6.45) is 0. The van der Waals surface area contributed by atoms with Crippen LogP contribution >= 0.6 is 0 Å². The summed E-state index contributed by atoms with van der Waals surface area (Å²) < 4.78 is 5.41. The quantitative estimate of drug-likeness (QED) is 0.770. The van der Waals surface area contributed by atoms with E-state index in [0.29, 0.717) is 35.0 Å². The van der Waals surface area contributed by atoms with Gasteiger partial charge in [0.1, 0.15) is 12.3 Å². The SMILES string of the molecule is COc1ccccc1[C@@H]1NC(=O)N(C)C2=C1C(=O)N(CC(=O)NCC(C)C)C2. The van der Waals surface area contributed by atoms with E-state index in [1.165, 1.54) is 9.80 Å². The van der Waals surface area contributed by atoms with Gasteiger partial charge >= 0.3 is 6.03 Å². The standard InChI is InChI=1S/C20H26N4O4/c1-12(2)9-21-16(25)11-24-10-14-17(19(24)26)18(22-20(27)23(14)3)13-7-5-6-8-15(13)28-4/h5-8,12,18H,9-11H2,1-4H3,(H,21,25)(H,22,27)/t18-/m0/s1. The minimum absolute atomic E-state index is 0.0424. The number of amides is 4. The molecule has 0 saturated carbocycles. The molecule has 0 fully saturated rings. The summed E-state index contributed by atoms with van der Waals surface area (Å²) in [5.74, 6) is 0.452. The van der Waals surface area contributed by atoms with Crippen molar-refractivity contribution in [3.05, 3.63) is 41.1 Å². The molecule has 0 spiro atoms. The van der Waals surface area contributed by atoms with E-state index in [1.807, 2.05) is 32.0 Å². The largest absolute Gasteiger partial charge is 0.496 e. The Hall–Kier alpha value is -3.03. The fourth-order valence-electron chi connectivity index (χ4n) is 3.44. The van der Waals surface area contributed by atoms with Crippen molar-refractivity contribution in [1.29, 1.82) is 0 Å². The minimum atomic E-state index is -0.619. The van der Waals surface area contributed by atoms with Crippen molar-refractivity contribution in [2.75, 3.05) is 33.8 Å². The molecule has 0 radical (unpaired) electrons. The molecule has 1 aromatic rings. The molecule has 2 N–H and O–H groups in total. The number of hydrogen-bond donors (Lipinski definition) is 2. The van der Waals surface area contributed by atoms with Gasteiger partial charge in [0, 0.05) is 19.2 Å². The van der Waals surface area contributed by atoms with Gasteiger partial charge in [0.2, 0.25) is 5.91 Å². The minimum Gasteiger partial charge on any atom is -0.496 e. The number of urea groups is 1. The number of carbonyl (C=O) groups is 3. The molecule has 0 bridgehead atoms. The maximum absolute atomic E-state index is 13.1. The lowest BCUT2D eigenvalue weighted by Gasteiger charge is -2.31. The third kappa shape index (κ3) is 3.67. The predicted molar refractivity (Wildman–Crippen MR) is 103 cm³/mol. The average Bonchev–Trinajstić information content (AvgIpc) is 2.99. The molecule has 0 aliphatic carbocycles. The second-order valence-corrected chi connectivity index (χ2v) is 7.40. The lowest BCUT2D eigenvalue weighted by atomic mass is 9.95. The number of carbonyl (C=O) groups excluding carboxylic acids is 3. The van der Waals surface area contributed by atoms with Crippen molar-refractivity contribution in [2.24, 2.45) is 5.92 Å². The van der Waals surface area contributed by atoms with E-state index < -0.39 is 6.04 Å². The smallest absolute Gasteiger partial charge is 0.322 e. The van der Waals surface area contributed by atoms with E-state index >= 15 is 0 Å². The second kappa shape index (κ2) is 7.92. The summed E-state index contributed by atoms with van der Waals surface area (Å²) >= 11 is 0. The number of rotatable bonds is 6. The van der Waals surface area contributed by atoms with Crippen LogP contribution in [0.5, 0.6) is 5.75 Å². The van der Waals surface area contributed by atoms with E-state index in [1.54, 1.807) is 20.2 Å². The van der Waals surface area contributed by atoms with Gasteiger partial charge in [-0.25, -0.2) is 4.79 Å². The van der Waals surface area contributed by atoms with Crippen LogP contribution in [-0.2, 0) is 9.59 Å². The first-order valence-corrected chi connectivity index (χ1v) is 9.29. The molecule has 150 valence electrons. The molecule has 8 heteroatoms. The molecular formula is C20H26N4O4. The van der Waals surface area contributed by atoms with Gasteiger partial charge in [0.05, 0.1) is 31.0 Å². The zero-order valence-electron chi connectivity index (χ0n) is 16.6. The Morgan fingerprint density at radius 1 is 1.32 bits per heavy atom. The molecule has 1 atom stereocenters. The highest BCUT2D eigenvalue weighted by Gasteiger charge is 2.43. The van der Waals surface area contributed by atoms with E-state index in [9.17, 15) is 14.4 Å². The second-order valence-electron chi connectivity index (χ2n) is 7.40. The van der Waals surface area contributed by atoms with Crippen LogP contribution in [0.2, 0.25) is 0 Å². The van der Waals surface area contributed by atoms with Gasteiger partial charge in [0.15, 0.2) is 0 Å². The Labute approximate surface area is 164 Å². The van der Waals surface area contributed by atoms with Crippen molar-refractivity contribution in [1.82, 2.24) is 20.4 Å². The molecule has 2 aliphatic rings. The summed E-state index contributed by atoms with van der Waals surface area (Å²) in [5.41, 5.74) is 1.79. The third-order valence-corrected chi connectivity index (χ3v) is 4.93. The molecular weight excluding hydrogens is 360 g/mol. The Balaban J connectivity index is 1.87. The van der Waals surface area contributed by atoms with Crippen molar-refractivity contribution in [2.45, 2.75) is 19.9 Å². The number of nitrogens with zero attached hydrogens (tertiary/aromatic N) is 2. The van der Waals surface area contributed by atoms with Gasteiger partial charge in [-0.1, -0.05) is 32.0 Å².